The third-order valence-corrected chi connectivity index (χ3v) is 3.80. The lowest BCUT2D eigenvalue weighted by atomic mass is 10.2. The molecular formula is C14H12Br2FNO. The van der Waals surface area contributed by atoms with E-state index in [2.05, 4.69) is 31.9 Å². The molecule has 2 aromatic rings. The molecule has 19 heavy (non-hydrogen) atoms. The molecule has 0 saturated carbocycles. The Kier molecular flexibility index (Phi) is 4.96. The maximum atomic E-state index is 13.2. The van der Waals surface area contributed by atoms with Gasteiger partial charge >= 0.3 is 0 Å². The maximum Gasteiger partial charge on any atom is 0.124 e. The van der Waals surface area contributed by atoms with Crippen molar-refractivity contribution in [3.63, 3.8) is 0 Å². The lowest BCUT2D eigenvalue weighted by Crippen LogP contribution is -2.00. The molecule has 100 valence electrons. The molecule has 2 rings (SSSR count). The number of halogens is 3. The van der Waals surface area contributed by atoms with Gasteiger partial charge < -0.3 is 10.5 Å². The van der Waals surface area contributed by atoms with Crippen LogP contribution in [0.2, 0.25) is 0 Å². The molecule has 2 aromatic carbocycles. The molecule has 0 atom stereocenters. The van der Waals surface area contributed by atoms with Crippen LogP contribution in [0.15, 0.2) is 45.3 Å². The topological polar surface area (TPSA) is 35.2 Å². The van der Waals surface area contributed by atoms with E-state index in [1.54, 1.807) is 0 Å². The van der Waals surface area contributed by atoms with Crippen molar-refractivity contribution in [2.24, 2.45) is 5.73 Å². The second kappa shape index (κ2) is 6.50. The van der Waals surface area contributed by atoms with Crippen molar-refractivity contribution in [1.82, 2.24) is 0 Å². The normalized spacial score (nSPS) is 10.5. The van der Waals surface area contributed by atoms with Crippen LogP contribution >= 0.6 is 31.9 Å². The van der Waals surface area contributed by atoms with Crippen molar-refractivity contribution in [2.45, 2.75) is 13.2 Å². The largest absolute Gasteiger partial charge is 0.489 e. The molecule has 2 nitrogen and oxygen atoms in total. The van der Waals surface area contributed by atoms with Crippen molar-refractivity contribution >= 4 is 31.9 Å². The molecule has 0 aliphatic rings. The Labute approximate surface area is 128 Å². The second-order valence-electron chi connectivity index (χ2n) is 4.02. The molecular weight excluding hydrogens is 377 g/mol. The van der Waals surface area contributed by atoms with Gasteiger partial charge in [-0.3, -0.25) is 0 Å². The first-order valence-electron chi connectivity index (χ1n) is 5.65. The zero-order valence-electron chi connectivity index (χ0n) is 10.00. The molecule has 0 saturated heterocycles. The van der Waals surface area contributed by atoms with Crippen LogP contribution in [0, 0.1) is 5.82 Å². The third kappa shape index (κ3) is 4.03. The van der Waals surface area contributed by atoms with Gasteiger partial charge in [0.2, 0.25) is 0 Å². The van der Waals surface area contributed by atoms with Gasteiger partial charge in [0.15, 0.2) is 0 Å². The third-order valence-electron chi connectivity index (χ3n) is 2.56. The highest BCUT2D eigenvalue weighted by Gasteiger charge is 2.03. The average molecular weight is 389 g/mol. The predicted molar refractivity (Wildman–Crippen MR) is 80.5 cm³/mol. The number of hydrogen-bond acceptors (Lipinski definition) is 2. The van der Waals surface area contributed by atoms with E-state index < -0.39 is 0 Å². The highest BCUT2D eigenvalue weighted by molar-refractivity contribution is 9.10. The maximum absolute atomic E-state index is 13.2. The van der Waals surface area contributed by atoms with Crippen molar-refractivity contribution in [3.8, 4) is 5.75 Å². The van der Waals surface area contributed by atoms with E-state index >= 15 is 0 Å². The van der Waals surface area contributed by atoms with Gasteiger partial charge in [0.25, 0.3) is 0 Å². The van der Waals surface area contributed by atoms with Crippen molar-refractivity contribution in [2.75, 3.05) is 0 Å². The molecule has 5 heteroatoms. The zero-order valence-corrected chi connectivity index (χ0v) is 13.2. The van der Waals surface area contributed by atoms with Crippen molar-refractivity contribution in [3.05, 3.63) is 62.3 Å². The summed E-state index contributed by atoms with van der Waals surface area (Å²) in [6.07, 6.45) is 0. The Hall–Kier alpha value is -0.910. The Morgan fingerprint density at radius 3 is 2.58 bits per heavy atom. The summed E-state index contributed by atoms with van der Waals surface area (Å²) in [6, 6.07) is 10.3. The molecule has 0 heterocycles. The first-order chi connectivity index (χ1) is 9.08. The molecule has 2 N–H and O–H groups in total. The standard InChI is InChI=1S/C14H12Br2FNO/c15-11-3-9(4-12(17)6-11)8-19-13-1-2-14(16)10(5-13)7-18/h1-6H,7-8,18H2. The smallest absolute Gasteiger partial charge is 0.124 e. The van der Waals surface area contributed by atoms with Crippen LogP contribution in [0.1, 0.15) is 11.1 Å². The highest BCUT2D eigenvalue weighted by Crippen LogP contribution is 2.23. The summed E-state index contributed by atoms with van der Waals surface area (Å²) < 4.78 is 20.5. The molecule has 0 spiro atoms. The van der Waals surface area contributed by atoms with Gasteiger partial charge in [-0.25, -0.2) is 4.39 Å². The molecule has 0 amide bonds. The zero-order chi connectivity index (χ0) is 13.8. The molecule has 0 fully saturated rings. The predicted octanol–water partition coefficient (Wildman–Crippen LogP) is 4.39. The minimum Gasteiger partial charge on any atom is -0.489 e. The van der Waals surface area contributed by atoms with Crippen LogP contribution in [0.3, 0.4) is 0 Å². The summed E-state index contributed by atoms with van der Waals surface area (Å²) in [5.74, 6) is 0.426. The molecule has 0 radical (unpaired) electrons. The number of nitrogens with two attached hydrogens (primary N) is 1. The Morgan fingerprint density at radius 1 is 1.11 bits per heavy atom. The summed E-state index contributed by atoms with van der Waals surface area (Å²) in [6.45, 7) is 0.741. The average Bonchev–Trinajstić information content (AvgIpc) is 2.36. The van der Waals surface area contributed by atoms with Crippen LogP contribution in [-0.2, 0) is 13.2 Å². The number of hydrogen-bond donors (Lipinski definition) is 1. The quantitative estimate of drug-likeness (QED) is 0.842. The van der Waals surface area contributed by atoms with E-state index in [-0.39, 0.29) is 5.82 Å². The van der Waals surface area contributed by atoms with Gasteiger partial charge in [-0.1, -0.05) is 31.9 Å². The fourth-order valence-corrected chi connectivity index (χ4v) is 2.58. The summed E-state index contributed by atoms with van der Waals surface area (Å²) in [7, 11) is 0. The molecule has 0 aromatic heterocycles. The van der Waals surface area contributed by atoms with Crippen LogP contribution in [-0.4, -0.2) is 0 Å². The lowest BCUT2D eigenvalue weighted by Gasteiger charge is -2.09. The summed E-state index contributed by atoms with van der Waals surface area (Å²) in [5.41, 5.74) is 7.36. The monoisotopic (exact) mass is 387 g/mol. The van der Waals surface area contributed by atoms with Crippen LogP contribution in [0.5, 0.6) is 5.75 Å². The van der Waals surface area contributed by atoms with E-state index in [0.29, 0.717) is 23.4 Å². The number of ether oxygens (including phenoxy) is 1. The number of rotatable bonds is 4. The van der Waals surface area contributed by atoms with E-state index in [1.807, 2.05) is 24.3 Å². The second-order valence-corrected chi connectivity index (χ2v) is 5.79. The molecule has 0 aliphatic carbocycles. The molecule has 0 bridgehead atoms. The SMILES string of the molecule is NCc1cc(OCc2cc(F)cc(Br)c2)ccc1Br. The Bertz CT molecular complexity index is 569. The van der Waals surface area contributed by atoms with E-state index in [1.165, 1.54) is 12.1 Å². The van der Waals surface area contributed by atoms with E-state index in [4.69, 9.17) is 10.5 Å². The Morgan fingerprint density at radius 2 is 1.89 bits per heavy atom. The minimum absolute atomic E-state index is 0.286. The number of benzene rings is 2. The van der Waals surface area contributed by atoms with Gasteiger partial charge in [0, 0.05) is 15.5 Å². The molecule has 0 unspecified atom stereocenters. The van der Waals surface area contributed by atoms with E-state index in [9.17, 15) is 4.39 Å². The van der Waals surface area contributed by atoms with Gasteiger partial charge in [-0.15, -0.1) is 0 Å². The van der Waals surface area contributed by atoms with Crippen LogP contribution in [0.4, 0.5) is 4.39 Å². The first kappa shape index (κ1) is 14.5. The lowest BCUT2D eigenvalue weighted by molar-refractivity contribution is 0.305. The summed E-state index contributed by atoms with van der Waals surface area (Å²) >= 11 is 6.67. The van der Waals surface area contributed by atoms with Crippen molar-refractivity contribution < 1.29 is 9.13 Å². The molecule has 0 aliphatic heterocycles. The fourth-order valence-electron chi connectivity index (χ4n) is 1.66. The summed E-state index contributed by atoms with van der Waals surface area (Å²) in [5, 5.41) is 0. The van der Waals surface area contributed by atoms with E-state index in [0.717, 1.165) is 15.6 Å². The van der Waals surface area contributed by atoms with Crippen LogP contribution < -0.4 is 10.5 Å². The van der Waals surface area contributed by atoms with Crippen LogP contribution in [0.25, 0.3) is 0 Å². The van der Waals surface area contributed by atoms with Crippen molar-refractivity contribution in [1.29, 1.82) is 0 Å². The van der Waals surface area contributed by atoms with Gasteiger partial charge in [-0.2, -0.15) is 0 Å². The summed E-state index contributed by atoms with van der Waals surface area (Å²) in [4.78, 5) is 0. The van der Waals surface area contributed by atoms with Gasteiger partial charge in [-0.05, 0) is 47.5 Å². The first-order valence-corrected chi connectivity index (χ1v) is 7.23. The highest BCUT2D eigenvalue weighted by atomic mass is 79.9. The minimum atomic E-state index is -0.286. The Balaban J connectivity index is 2.10. The van der Waals surface area contributed by atoms with Gasteiger partial charge in [0.1, 0.15) is 18.2 Å². The fraction of sp³-hybridized carbons (Fsp3) is 0.143. The van der Waals surface area contributed by atoms with Gasteiger partial charge in [0.05, 0.1) is 0 Å².